The molecule has 0 saturated carbocycles. The molecule has 0 spiro atoms. The van der Waals surface area contributed by atoms with Crippen molar-refractivity contribution in [3.63, 3.8) is 0 Å². The topological polar surface area (TPSA) is 60.7 Å². The first kappa shape index (κ1) is 15.0. The first-order chi connectivity index (χ1) is 10.1. The van der Waals surface area contributed by atoms with Gasteiger partial charge in [-0.3, -0.25) is 4.79 Å². The van der Waals surface area contributed by atoms with Gasteiger partial charge in [0.1, 0.15) is 5.76 Å². The molecule has 21 heavy (non-hydrogen) atoms. The number of furan rings is 1. The highest BCUT2D eigenvalue weighted by Gasteiger charge is 2.14. The van der Waals surface area contributed by atoms with Crippen LogP contribution in [-0.2, 0) is 6.42 Å². The first-order valence-electron chi connectivity index (χ1n) is 6.69. The van der Waals surface area contributed by atoms with Crippen molar-refractivity contribution >= 4 is 5.91 Å². The molecule has 1 heterocycles. The second-order valence-electron chi connectivity index (χ2n) is 4.73. The van der Waals surface area contributed by atoms with Crippen molar-refractivity contribution in [2.24, 2.45) is 0 Å². The fourth-order valence-corrected chi connectivity index (χ4v) is 2.07. The number of rotatable bonds is 6. The van der Waals surface area contributed by atoms with E-state index in [1.165, 1.54) is 0 Å². The first-order valence-corrected chi connectivity index (χ1v) is 6.69. The van der Waals surface area contributed by atoms with E-state index in [-0.39, 0.29) is 11.9 Å². The van der Waals surface area contributed by atoms with Crippen LogP contribution in [0.4, 0.5) is 0 Å². The van der Waals surface area contributed by atoms with Crippen LogP contribution in [0.3, 0.4) is 0 Å². The number of carbonyl (C=O) groups is 1. The third kappa shape index (κ3) is 3.78. The quantitative estimate of drug-likeness (QED) is 0.888. The number of nitrogens with one attached hydrogen (secondary N) is 1. The lowest BCUT2D eigenvalue weighted by Gasteiger charge is -2.14. The van der Waals surface area contributed by atoms with Gasteiger partial charge in [0, 0.05) is 18.0 Å². The van der Waals surface area contributed by atoms with E-state index in [1.807, 2.05) is 19.1 Å². The molecular formula is C16H19NO4. The lowest BCUT2D eigenvalue weighted by molar-refractivity contribution is 0.0939. The number of carbonyl (C=O) groups excluding carboxylic acids is 1. The largest absolute Gasteiger partial charge is 0.493 e. The summed E-state index contributed by atoms with van der Waals surface area (Å²) >= 11 is 0. The van der Waals surface area contributed by atoms with Gasteiger partial charge in [-0.1, -0.05) is 0 Å². The van der Waals surface area contributed by atoms with Gasteiger partial charge >= 0.3 is 0 Å². The van der Waals surface area contributed by atoms with Crippen LogP contribution in [0.25, 0.3) is 0 Å². The maximum absolute atomic E-state index is 12.2. The van der Waals surface area contributed by atoms with Crippen molar-refractivity contribution in [1.82, 2.24) is 5.32 Å². The van der Waals surface area contributed by atoms with E-state index < -0.39 is 0 Å². The van der Waals surface area contributed by atoms with Crippen LogP contribution in [-0.4, -0.2) is 26.2 Å². The maximum Gasteiger partial charge on any atom is 0.251 e. The Hall–Kier alpha value is -2.43. The van der Waals surface area contributed by atoms with Gasteiger partial charge < -0.3 is 19.2 Å². The third-order valence-corrected chi connectivity index (χ3v) is 3.11. The Morgan fingerprint density at radius 3 is 2.62 bits per heavy atom. The molecule has 0 aliphatic heterocycles. The molecule has 1 atom stereocenters. The molecule has 0 fully saturated rings. The number of hydrogen-bond acceptors (Lipinski definition) is 4. The van der Waals surface area contributed by atoms with Gasteiger partial charge in [-0.25, -0.2) is 0 Å². The molecule has 0 radical (unpaired) electrons. The van der Waals surface area contributed by atoms with E-state index in [2.05, 4.69) is 5.32 Å². The number of amides is 1. The van der Waals surface area contributed by atoms with Gasteiger partial charge in [-0.05, 0) is 37.3 Å². The van der Waals surface area contributed by atoms with Crippen LogP contribution < -0.4 is 14.8 Å². The van der Waals surface area contributed by atoms with Gasteiger partial charge in [-0.2, -0.15) is 0 Å². The summed E-state index contributed by atoms with van der Waals surface area (Å²) in [6.07, 6.45) is 2.27. The van der Waals surface area contributed by atoms with E-state index in [4.69, 9.17) is 13.9 Å². The zero-order chi connectivity index (χ0) is 15.2. The fourth-order valence-electron chi connectivity index (χ4n) is 2.07. The Morgan fingerprint density at radius 1 is 1.24 bits per heavy atom. The van der Waals surface area contributed by atoms with Crippen molar-refractivity contribution in [2.45, 2.75) is 19.4 Å². The standard InChI is InChI=1S/C16H19NO4/c1-11(9-13-5-4-8-21-13)17-16(18)12-6-7-14(19-2)15(10-12)20-3/h4-8,10-11H,9H2,1-3H3,(H,17,18). The summed E-state index contributed by atoms with van der Waals surface area (Å²) in [4.78, 5) is 12.2. The smallest absolute Gasteiger partial charge is 0.251 e. The molecule has 1 aromatic carbocycles. The van der Waals surface area contributed by atoms with Crippen LogP contribution in [0.5, 0.6) is 11.5 Å². The van der Waals surface area contributed by atoms with Crippen LogP contribution in [0, 0.1) is 0 Å². The summed E-state index contributed by atoms with van der Waals surface area (Å²) < 4.78 is 15.6. The van der Waals surface area contributed by atoms with Crippen molar-refractivity contribution in [3.05, 3.63) is 47.9 Å². The summed E-state index contributed by atoms with van der Waals surface area (Å²) in [5, 5.41) is 2.93. The predicted molar refractivity (Wildman–Crippen MR) is 78.9 cm³/mol. The molecule has 1 aromatic heterocycles. The summed E-state index contributed by atoms with van der Waals surface area (Å²) in [6.45, 7) is 1.93. The molecule has 5 nitrogen and oxygen atoms in total. The lowest BCUT2D eigenvalue weighted by Crippen LogP contribution is -2.34. The normalized spacial score (nSPS) is 11.8. The summed E-state index contributed by atoms with van der Waals surface area (Å²) in [5.41, 5.74) is 0.527. The number of benzene rings is 1. The number of hydrogen-bond donors (Lipinski definition) is 1. The molecule has 0 aliphatic rings. The number of ether oxygens (including phenoxy) is 2. The van der Waals surface area contributed by atoms with Crippen molar-refractivity contribution in [2.75, 3.05) is 14.2 Å². The van der Waals surface area contributed by atoms with Gasteiger partial charge in [0.25, 0.3) is 5.91 Å². The van der Waals surface area contributed by atoms with Gasteiger partial charge in [0.15, 0.2) is 11.5 Å². The predicted octanol–water partition coefficient (Wildman–Crippen LogP) is 2.66. The van der Waals surface area contributed by atoms with Crippen molar-refractivity contribution < 1.29 is 18.7 Å². The molecule has 0 saturated heterocycles. The van der Waals surface area contributed by atoms with Crippen molar-refractivity contribution in [3.8, 4) is 11.5 Å². The Balaban J connectivity index is 2.02. The van der Waals surface area contributed by atoms with Crippen molar-refractivity contribution in [1.29, 1.82) is 0 Å². The average Bonchev–Trinajstić information content (AvgIpc) is 2.99. The molecule has 2 rings (SSSR count). The summed E-state index contributed by atoms with van der Waals surface area (Å²) in [7, 11) is 3.10. The number of methoxy groups -OCH3 is 2. The SMILES string of the molecule is COc1ccc(C(=O)NC(C)Cc2ccco2)cc1OC. The highest BCUT2D eigenvalue weighted by atomic mass is 16.5. The zero-order valence-electron chi connectivity index (χ0n) is 12.4. The summed E-state index contributed by atoms with van der Waals surface area (Å²) in [6, 6.07) is 8.77. The van der Waals surface area contributed by atoms with Crippen LogP contribution in [0.2, 0.25) is 0 Å². The Labute approximate surface area is 123 Å². The van der Waals surface area contributed by atoms with E-state index in [9.17, 15) is 4.79 Å². The Kier molecular flexibility index (Phi) is 4.87. The second-order valence-corrected chi connectivity index (χ2v) is 4.73. The van der Waals surface area contributed by atoms with E-state index >= 15 is 0 Å². The van der Waals surface area contributed by atoms with E-state index in [0.717, 1.165) is 5.76 Å². The lowest BCUT2D eigenvalue weighted by atomic mass is 10.1. The molecule has 1 amide bonds. The van der Waals surface area contributed by atoms with Gasteiger partial charge in [0.2, 0.25) is 0 Å². The molecular weight excluding hydrogens is 270 g/mol. The van der Waals surface area contributed by atoms with Crippen LogP contribution in [0.15, 0.2) is 41.0 Å². The Bertz CT molecular complexity index is 592. The highest BCUT2D eigenvalue weighted by Crippen LogP contribution is 2.27. The molecule has 1 N–H and O–H groups in total. The molecule has 0 aliphatic carbocycles. The van der Waals surface area contributed by atoms with Crippen LogP contribution in [0.1, 0.15) is 23.0 Å². The zero-order valence-corrected chi connectivity index (χ0v) is 12.4. The average molecular weight is 289 g/mol. The maximum atomic E-state index is 12.2. The molecule has 1 unspecified atom stereocenters. The van der Waals surface area contributed by atoms with Gasteiger partial charge in [-0.15, -0.1) is 0 Å². The molecule has 112 valence electrons. The monoisotopic (exact) mass is 289 g/mol. The molecule has 5 heteroatoms. The molecule has 2 aromatic rings. The minimum absolute atomic E-state index is 0.0308. The fraction of sp³-hybridized carbons (Fsp3) is 0.312. The minimum atomic E-state index is -0.157. The third-order valence-electron chi connectivity index (χ3n) is 3.11. The van der Waals surface area contributed by atoms with Gasteiger partial charge in [0.05, 0.1) is 20.5 Å². The minimum Gasteiger partial charge on any atom is -0.493 e. The van der Waals surface area contributed by atoms with E-state index in [0.29, 0.717) is 23.5 Å². The second kappa shape index (κ2) is 6.83. The Morgan fingerprint density at radius 2 is 2.00 bits per heavy atom. The summed E-state index contributed by atoms with van der Waals surface area (Å²) in [5.74, 6) is 1.81. The van der Waals surface area contributed by atoms with Crippen LogP contribution >= 0.6 is 0 Å². The molecule has 0 bridgehead atoms. The van der Waals surface area contributed by atoms with E-state index in [1.54, 1.807) is 38.7 Å². The highest BCUT2D eigenvalue weighted by molar-refractivity contribution is 5.95.